The maximum absolute atomic E-state index is 14.7. The average molecular weight is 514 g/mol. The van der Waals surface area contributed by atoms with Gasteiger partial charge in [-0.2, -0.15) is 10.2 Å². The number of hydrogen-bond acceptors (Lipinski definition) is 7. The van der Waals surface area contributed by atoms with E-state index < -0.39 is 5.82 Å². The zero-order chi connectivity index (χ0) is 26.6. The second-order valence-electron chi connectivity index (χ2n) is 10.0. The Morgan fingerprint density at radius 2 is 1.84 bits per heavy atom. The first-order valence-corrected chi connectivity index (χ1v) is 12.5. The zero-order valence-electron chi connectivity index (χ0n) is 21.6. The first-order valence-electron chi connectivity index (χ1n) is 12.5. The van der Waals surface area contributed by atoms with Crippen LogP contribution in [0.3, 0.4) is 0 Å². The molecule has 2 aromatic carbocycles. The molecule has 1 aliphatic heterocycles. The van der Waals surface area contributed by atoms with Crippen LogP contribution in [0.2, 0.25) is 0 Å². The minimum atomic E-state index is -0.498. The lowest BCUT2D eigenvalue weighted by Crippen LogP contribution is -2.54. The molecule has 0 spiro atoms. The molecule has 1 aliphatic rings. The number of fused-ring (bicyclic) bond motifs is 2. The summed E-state index contributed by atoms with van der Waals surface area (Å²) in [7, 11) is 3.55. The van der Waals surface area contributed by atoms with Crippen molar-refractivity contribution in [1.82, 2.24) is 34.8 Å². The number of carbonyl (C=O) groups is 1. The number of rotatable bonds is 4. The quantitative estimate of drug-likeness (QED) is 0.379. The van der Waals surface area contributed by atoms with E-state index in [1.807, 2.05) is 19.3 Å². The van der Waals surface area contributed by atoms with E-state index in [1.54, 1.807) is 47.1 Å². The van der Waals surface area contributed by atoms with Gasteiger partial charge in [-0.25, -0.2) is 14.4 Å². The smallest absolute Gasteiger partial charge is 0.257 e. The van der Waals surface area contributed by atoms with E-state index in [1.165, 1.54) is 6.07 Å². The summed E-state index contributed by atoms with van der Waals surface area (Å²) in [5.74, 6) is -0.412. The number of carbonyl (C=O) groups excluding carboxylic acids is 1. The van der Waals surface area contributed by atoms with E-state index in [0.29, 0.717) is 40.1 Å². The van der Waals surface area contributed by atoms with Crippen molar-refractivity contribution in [1.29, 1.82) is 0 Å². The highest BCUT2D eigenvalue weighted by molar-refractivity contribution is 6.14. The molecule has 38 heavy (non-hydrogen) atoms. The lowest BCUT2D eigenvalue weighted by Gasteiger charge is -2.38. The van der Waals surface area contributed by atoms with E-state index in [0.717, 1.165) is 29.7 Å². The Balaban J connectivity index is 1.44. The fourth-order valence-corrected chi connectivity index (χ4v) is 5.25. The van der Waals surface area contributed by atoms with Crippen LogP contribution in [0.25, 0.3) is 33.2 Å². The normalized spacial score (nSPS) is 17.9. The molecule has 1 amide bonds. The number of piperazine rings is 1. The van der Waals surface area contributed by atoms with Gasteiger partial charge in [-0.05, 0) is 38.1 Å². The van der Waals surface area contributed by atoms with Crippen molar-refractivity contribution in [3.05, 3.63) is 60.4 Å². The molecule has 0 radical (unpaired) electrons. The topological polar surface area (TPSA) is 106 Å². The number of aryl methyl sites for hydroxylation is 2. The Labute approximate surface area is 218 Å². The molecule has 2 atom stereocenters. The summed E-state index contributed by atoms with van der Waals surface area (Å²) >= 11 is 0. The Morgan fingerprint density at radius 1 is 1.05 bits per heavy atom. The van der Waals surface area contributed by atoms with E-state index >= 15 is 0 Å². The van der Waals surface area contributed by atoms with Gasteiger partial charge in [0.25, 0.3) is 5.91 Å². The summed E-state index contributed by atoms with van der Waals surface area (Å²) in [5.41, 5.74) is 3.22. The minimum Gasteiger partial charge on any atom is -0.368 e. The molecular formula is C27H28FN9O. The fraction of sp³-hybridized carbons (Fsp3) is 0.296. The number of benzene rings is 2. The molecule has 0 bridgehead atoms. The van der Waals surface area contributed by atoms with E-state index in [4.69, 9.17) is 4.98 Å². The molecule has 194 valence electrons. The predicted molar refractivity (Wildman–Crippen MR) is 145 cm³/mol. The number of anilines is 2. The molecule has 3 aromatic heterocycles. The largest absolute Gasteiger partial charge is 0.368 e. The highest BCUT2D eigenvalue weighted by atomic mass is 19.1. The number of halogens is 1. The zero-order valence-corrected chi connectivity index (χ0v) is 21.6. The van der Waals surface area contributed by atoms with Crippen LogP contribution in [-0.2, 0) is 14.1 Å². The Kier molecular flexibility index (Phi) is 5.79. The van der Waals surface area contributed by atoms with Crippen LogP contribution in [0.4, 0.5) is 15.8 Å². The lowest BCUT2D eigenvalue weighted by atomic mass is 10.0. The molecule has 0 aliphatic carbocycles. The number of amides is 1. The van der Waals surface area contributed by atoms with Crippen molar-refractivity contribution in [2.45, 2.75) is 25.9 Å². The monoisotopic (exact) mass is 513 g/mol. The standard InChI is InChI=1S/C27H28FN9O/c1-15-11-37(12-16(2)31-15)23-6-5-20(25-21(23)10-29-26(33-25)18-9-30-35(3)14-18)27(38)32-19-7-17-13-36(4)34-24(17)22(28)8-19/h5-10,13-16,31H,11-12H2,1-4H3,(H,32,38). The summed E-state index contributed by atoms with van der Waals surface area (Å²) in [6.07, 6.45) is 7.00. The molecule has 1 saturated heterocycles. The van der Waals surface area contributed by atoms with E-state index in [9.17, 15) is 9.18 Å². The molecule has 11 heteroatoms. The Morgan fingerprint density at radius 3 is 2.58 bits per heavy atom. The maximum Gasteiger partial charge on any atom is 0.257 e. The van der Waals surface area contributed by atoms with Crippen LogP contribution in [-0.4, -0.2) is 60.6 Å². The van der Waals surface area contributed by atoms with Gasteiger partial charge in [0.15, 0.2) is 11.6 Å². The van der Waals surface area contributed by atoms with Gasteiger partial charge in [-0.15, -0.1) is 0 Å². The number of nitrogens with zero attached hydrogens (tertiary/aromatic N) is 7. The highest BCUT2D eigenvalue weighted by Crippen LogP contribution is 2.32. The third kappa shape index (κ3) is 4.34. The summed E-state index contributed by atoms with van der Waals surface area (Å²) in [6.45, 7) is 5.95. The van der Waals surface area contributed by atoms with Gasteiger partial charge in [-0.3, -0.25) is 14.2 Å². The van der Waals surface area contributed by atoms with Gasteiger partial charge in [0.05, 0.1) is 22.8 Å². The lowest BCUT2D eigenvalue weighted by molar-refractivity contribution is 0.102. The van der Waals surface area contributed by atoms with Crippen molar-refractivity contribution >= 4 is 39.1 Å². The van der Waals surface area contributed by atoms with Crippen molar-refractivity contribution in [3.63, 3.8) is 0 Å². The van der Waals surface area contributed by atoms with Crippen molar-refractivity contribution in [3.8, 4) is 11.4 Å². The second kappa shape index (κ2) is 9.18. The fourth-order valence-electron chi connectivity index (χ4n) is 5.25. The Bertz CT molecular complexity index is 1680. The number of nitrogens with one attached hydrogen (secondary N) is 2. The second-order valence-corrected chi connectivity index (χ2v) is 10.0. The highest BCUT2D eigenvalue weighted by Gasteiger charge is 2.25. The molecule has 1 fully saturated rings. The first kappa shape index (κ1) is 24.0. The van der Waals surface area contributed by atoms with Crippen molar-refractivity contribution in [2.75, 3.05) is 23.3 Å². The van der Waals surface area contributed by atoms with E-state index in [-0.39, 0.29) is 11.4 Å². The van der Waals surface area contributed by atoms with Gasteiger partial charge in [0.1, 0.15) is 5.52 Å². The van der Waals surface area contributed by atoms with Crippen LogP contribution < -0.4 is 15.5 Å². The summed E-state index contributed by atoms with van der Waals surface area (Å²) < 4.78 is 17.9. The maximum atomic E-state index is 14.7. The summed E-state index contributed by atoms with van der Waals surface area (Å²) in [5, 5.41) is 16.1. The first-order chi connectivity index (χ1) is 18.2. The average Bonchev–Trinajstić information content (AvgIpc) is 3.47. The van der Waals surface area contributed by atoms with Gasteiger partial charge in [0.2, 0.25) is 0 Å². The van der Waals surface area contributed by atoms with Crippen LogP contribution in [0.5, 0.6) is 0 Å². The van der Waals surface area contributed by atoms with Crippen LogP contribution >= 0.6 is 0 Å². The van der Waals surface area contributed by atoms with Crippen molar-refractivity contribution in [2.24, 2.45) is 14.1 Å². The van der Waals surface area contributed by atoms with Gasteiger partial charge in [0, 0.05) is 80.0 Å². The third-order valence-electron chi connectivity index (χ3n) is 6.77. The molecule has 2 N–H and O–H groups in total. The summed E-state index contributed by atoms with van der Waals surface area (Å²) in [4.78, 5) is 25.3. The minimum absolute atomic E-state index is 0.258. The third-order valence-corrected chi connectivity index (χ3v) is 6.77. The van der Waals surface area contributed by atoms with Crippen LogP contribution in [0, 0.1) is 5.82 Å². The number of aromatic nitrogens is 6. The Hall–Kier alpha value is -4.38. The molecule has 10 nitrogen and oxygen atoms in total. The van der Waals surface area contributed by atoms with Crippen LogP contribution in [0.1, 0.15) is 24.2 Å². The molecule has 0 saturated carbocycles. The van der Waals surface area contributed by atoms with Gasteiger partial charge in [-0.1, -0.05) is 0 Å². The molecule has 6 rings (SSSR count). The molecule has 4 heterocycles. The predicted octanol–water partition coefficient (Wildman–Crippen LogP) is 3.50. The summed E-state index contributed by atoms with van der Waals surface area (Å²) in [6, 6.07) is 7.33. The molecule has 5 aromatic rings. The van der Waals surface area contributed by atoms with Gasteiger partial charge < -0.3 is 15.5 Å². The SMILES string of the molecule is CC1CN(c2ccc(C(=O)Nc3cc(F)c4nn(C)cc4c3)c3nc(-c4cnn(C)c4)ncc23)CC(C)N1. The number of hydrogen-bond donors (Lipinski definition) is 2. The van der Waals surface area contributed by atoms with Crippen LogP contribution in [0.15, 0.2) is 49.1 Å². The molecular weight excluding hydrogens is 485 g/mol. The van der Waals surface area contributed by atoms with Crippen molar-refractivity contribution < 1.29 is 9.18 Å². The molecule has 2 unspecified atom stereocenters. The van der Waals surface area contributed by atoms with Gasteiger partial charge >= 0.3 is 0 Å². The van der Waals surface area contributed by atoms with E-state index in [2.05, 4.69) is 44.6 Å².